The van der Waals surface area contributed by atoms with Gasteiger partial charge in [0.15, 0.2) is 5.13 Å². The summed E-state index contributed by atoms with van der Waals surface area (Å²) in [5, 5.41) is 2.48. The van der Waals surface area contributed by atoms with Crippen LogP contribution in [0.15, 0.2) is 29.6 Å². The monoisotopic (exact) mass is 346 g/mol. The van der Waals surface area contributed by atoms with Gasteiger partial charge in [0.25, 0.3) is 0 Å². The zero-order valence-electron chi connectivity index (χ0n) is 13.8. The number of methoxy groups -OCH3 is 1. The van der Waals surface area contributed by atoms with Gasteiger partial charge in [0.2, 0.25) is 5.91 Å². The number of amides is 1. The van der Waals surface area contributed by atoms with Gasteiger partial charge in [-0.25, -0.2) is 4.98 Å². The topological polar surface area (TPSA) is 71.7 Å². The number of ether oxygens (including phenoxy) is 1. The maximum atomic E-state index is 12.4. The average Bonchev–Trinajstić information content (AvgIpc) is 3.05. The minimum absolute atomic E-state index is 0.182. The van der Waals surface area contributed by atoms with E-state index in [0.29, 0.717) is 18.0 Å². The predicted molar refractivity (Wildman–Crippen MR) is 96.6 cm³/mol. The van der Waals surface area contributed by atoms with Crippen LogP contribution in [0.4, 0.5) is 10.8 Å². The van der Waals surface area contributed by atoms with Gasteiger partial charge in [-0.2, -0.15) is 0 Å². The second-order valence-corrected chi connectivity index (χ2v) is 6.61. The first kappa shape index (κ1) is 16.6. The standard InChI is InChI=1S/C17H22N4O2S/c1-23-15-5-3-2-4-14(15)20-8-10-21(11-9-20)16(22)7-6-13-12-24-17(18)19-13/h2-5,12H,6-11H2,1H3,(H2,18,19). The van der Waals surface area contributed by atoms with Crippen LogP contribution in [-0.4, -0.2) is 49.1 Å². The normalized spacial score (nSPS) is 14.7. The second kappa shape index (κ2) is 7.53. The van der Waals surface area contributed by atoms with Crippen LogP contribution in [-0.2, 0) is 11.2 Å². The molecule has 0 bridgehead atoms. The lowest BCUT2D eigenvalue weighted by atomic mass is 10.2. The van der Waals surface area contributed by atoms with Gasteiger partial charge in [-0.3, -0.25) is 4.79 Å². The van der Waals surface area contributed by atoms with Crippen LogP contribution < -0.4 is 15.4 Å². The van der Waals surface area contributed by atoms with E-state index < -0.39 is 0 Å². The Kier molecular flexibility index (Phi) is 5.20. The maximum Gasteiger partial charge on any atom is 0.223 e. The minimum Gasteiger partial charge on any atom is -0.495 e. The van der Waals surface area contributed by atoms with Crippen LogP contribution in [0.5, 0.6) is 5.75 Å². The molecule has 1 amide bonds. The fraction of sp³-hybridized carbons (Fsp3) is 0.412. The number of aromatic nitrogens is 1. The molecule has 0 unspecified atom stereocenters. The molecule has 0 saturated carbocycles. The third kappa shape index (κ3) is 3.79. The van der Waals surface area contributed by atoms with Crippen molar-refractivity contribution in [2.75, 3.05) is 43.9 Å². The summed E-state index contributed by atoms with van der Waals surface area (Å²) in [6.07, 6.45) is 1.14. The number of hydrogen-bond donors (Lipinski definition) is 1. The van der Waals surface area contributed by atoms with Crippen LogP contribution in [0.3, 0.4) is 0 Å². The van der Waals surface area contributed by atoms with Gasteiger partial charge in [0.1, 0.15) is 5.75 Å². The second-order valence-electron chi connectivity index (χ2n) is 5.72. The quantitative estimate of drug-likeness (QED) is 0.897. The van der Waals surface area contributed by atoms with E-state index in [1.165, 1.54) is 11.3 Å². The van der Waals surface area contributed by atoms with Gasteiger partial charge in [0.05, 0.1) is 18.5 Å². The summed E-state index contributed by atoms with van der Waals surface area (Å²) in [6, 6.07) is 8.00. The van der Waals surface area contributed by atoms with Crippen molar-refractivity contribution in [3.05, 3.63) is 35.3 Å². The summed E-state index contributed by atoms with van der Waals surface area (Å²) in [6.45, 7) is 3.09. The molecule has 1 aromatic carbocycles. The lowest BCUT2D eigenvalue weighted by molar-refractivity contribution is -0.131. The average molecular weight is 346 g/mol. The van der Waals surface area contributed by atoms with Crippen LogP contribution in [0.1, 0.15) is 12.1 Å². The molecular formula is C17H22N4O2S. The van der Waals surface area contributed by atoms with Crippen molar-refractivity contribution in [2.24, 2.45) is 0 Å². The summed E-state index contributed by atoms with van der Waals surface area (Å²) in [5.74, 6) is 1.06. The summed E-state index contributed by atoms with van der Waals surface area (Å²) < 4.78 is 5.42. The Labute approximate surface area is 145 Å². The molecule has 1 aliphatic rings. The summed E-state index contributed by atoms with van der Waals surface area (Å²) in [5.41, 5.74) is 7.61. The number of aryl methyl sites for hydroxylation is 1. The number of piperazine rings is 1. The van der Waals surface area contributed by atoms with Crippen molar-refractivity contribution in [2.45, 2.75) is 12.8 Å². The van der Waals surface area contributed by atoms with Crippen LogP contribution in [0.2, 0.25) is 0 Å². The van der Waals surface area contributed by atoms with Gasteiger partial charge in [-0.1, -0.05) is 12.1 Å². The first-order chi connectivity index (χ1) is 11.7. The summed E-state index contributed by atoms with van der Waals surface area (Å²) in [4.78, 5) is 20.8. The van der Waals surface area contributed by atoms with E-state index in [1.807, 2.05) is 28.5 Å². The van der Waals surface area contributed by atoms with Crippen molar-refractivity contribution < 1.29 is 9.53 Å². The molecule has 6 nitrogen and oxygen atoms in total. The van der Waals surface area contributed by atoms with Gasteiger partial charge in [-0.15, -0.1) is 11.3 Å². The highest BCUT2D eigenvalue weighted by molar-refractivity contribution is 7.13. The number of nitrogens with two attached hydrogens (primary N) is 1. The molecule has 2 heterocycles. The molecule has 3 rings (SSSR count). The molecule has 24 heavy (non-hydrogen) atoms. The SMILES string of the molecule is COc1ccccc1N1CCN(C(=O)CCc2csc(N)n2)CC1. The van der Waals surface area contributed by atoms with Crippen molar-refractivity contribution in [3.8, 4) is 5.75 Å². The number of benzene rings is 1. The molecule has 1 aromatic heterocycles. The molecule has 0 spiro atoms. The number of para-hydroxylation sites is 2. The van der Waals surface area contributed by atoms with E-state index in [4.69, 9.17) is 10.5 Å². The summed E-state index contributed by atoms with van der Waals surface area (Å²) in [7, 11) is 1.68. The Bertz CT molecular complexity index is 695. The lowest BCUT2D eigenvalue weighted by Crippen LogP contribution is -2.48. The Balaban J connectivity index is 1.52. The zero-order chi connectivity index (χ0) is 16.9. The first-order valence-corrected chi connectivity index (χ1v) is 8.91. The number of anilines is 2. The largest absolute Gasteiger partial charge is 0.495 e. The molecule has 1 saturated heterocycles. The fourth-order valence-electron chi connectivity index (χ4n) is 2.92. The van der Waals surface area contributed by atoms with Gasteiger partial charge in [-0.05, 0) is 18.6 Å². The van der Waals surface area contributed by atoms with E-state index >= 15 is 0 Å². The Hall–Kier alpha value is -2.28. The molecule has 0 aliphatic carbocycles. The van der Waals surface area contributed by atoms with Gasteiger partial charge < -0.3 is 20.3 Å². The van der Waals surface area contributed by atoms with Gasteiger partial charge >= 0.3 is 0 Å². The first-order valence-electron chi connectivity index (χ1n) is 8.03. The molecule has 0 radical (unpaired) electrons. The molecular weight excluding hydrogens is 324 g/mol. The lowest BCUT2D eigenvalue weighted by Gasteiger charge is -2.36. The van der Waals surface area contributed by atoms with Crippen molar-refractivity contribution in [1.82, 2.24) is 9.88 Å². The van der Waals surface area contributed by atoms with E-state index in [2.05, 4.69) is 16.0 Å². The van der Waals surface area contributed by atoms with E-state index in [9.17, 15) is 4.79 Å². The van der Waals surface area contributed by atoms with Crippen molar-refractivity contribution >= 4 is 28.1 Å². The summed E-state index contributed by atoms with van der Waals surface area (Å²) >= 11 is 1.42. The van der Waals surface area contributed by atoms with Crippen LogP contribution in [0.25, 0.3) is 0 Å². The van der Waals surface area contributed by atoms with E-state index in [0.717, 1.165) is 43.3 Å². The van der Waals surface area contributed by atoms with Gasteiger partial charge in [0, 0.05) is 38.0 Å². The number of rotatable bonds is 5. The van der Waals surface area contributed by atoms with Crippen molar-refractivity contribution in [1.29, 1.82) is 0 Å². The highest BCUT2D eigenvalue weighted by Gasteiger charge is 2.22. The third-order valence-corrected chi connectivity index (χ3v) is 4.95. The van der Waals surface area contributed by atoms with E-state index in [-0.39, 0.29) is 5.91 Å². The molecule has 1 aliphatic heterocycles. The number of thiazole rings is 1. The van der Waals surface area contributed by atoms with Crippen molar-refractivity contribution in [3.63, 3.8) is 0 Å². The predicted octanol–water partition coefficient (Wildman–Crippen LogP) is 2.02. The molecule has 2 N–H and O–H groups in total. The van der Waals surface area contributed by atoms with Crippen LogP contribution >= 0.6 is 11.3 Å². The zero-order valence-corrected chi connectivity index (χ0v) is 14.6. The maximum absolute atomic E-state index is 12.4. The Morgan fingerprint density at radius 3 is 2.71 bits per heavy atom. The van der Waals surface area contributed by atoms with Crippen LogP contribution in [0, 0.1) is 0 Å². The Morgan fingerprint density at radius 1 is 1.29 bits per heavy atom. The minimum atomic E-state index is 0.182. The molecule has 0 atom stereocenters. The molecule has 7 heteroatoms. The number of nitrogen functional groups attached to an aromatic ring is 1. The molecule has 128 valence electrons. The van der Waals surface area contributed by atoms with E-state index in [1.54, 1.807) is 7.11 Å². The fourth-order valence-corrected chi connectivity index (χ4v) is 3.52. The number of nitrogens with zero attached hydrogens (tertiary/aromatic N) is 3. The number of carbonyl (C=O) groups excluding carboxylic acids is 1. The number of carbonyl (C=O) groups is 1. The smallest absolute Gasteiger partial charge is 0.223 e. The molecule has 2 aromatic rings. The third-order valence-electron chi connectivity index (χ3n) is 4.22. The Morgan fingerprint density at radius 2 is 2.04 bits per heavy atom. The molecule has 1 fully saturated rings. The highest BCUT2D eigenvalue weighted by Crippen LogP contribution is 2.28. The number of hydrogen-bond acceptors (Lipinski definition) is 6. The highest BCUT2D eigenvalue weighted by atomic mass is 32.1.